The topological polar surface area (TPSA) is 29.1 Å². The molecule has 4 heteroatoms. The molecule has 124 valence electrons. The zero-order chi connectivity index (χ0) is 16.2. The molecule has 1 aromatic carbocycles. The number of nitrogens with one attached hydrogen (secondary N) is 1. The van der Waals surface area contributed by atoms with Gasteiger partial charge in [0.15, 0.2) is 0 Å². The molecule has 5 rings (SSSR count). The summed E-state index contributed by atoms with van der Waals surface area (Å²) in [6, 6.07) is 4.45. The lowest BCUT2D eigenvalue weighted by Gasteiger charge is -2.59. The lowest BCUT2D eigenvalue weighted by Crippen LogP contribution is -2.55. The molecule has 23 heavy (non-hydrogen) atoms. The van der Waals surface area contributed by atoms with Crippen molar-refractivity contribution < 1.29 is 9.18 Å². The summed E-state index contributed by atoms with van der Waals surface area (Å²) < 4.78 is 14.0. The first-order chi connectivity index (χ1) is 11.0. The average molecular weight is 336 g/mol. The number of halogens is 2. The second-order valence-corrected chi connectivity index (χ2v) is 8.48. The van der Waals surface area contributed by atoms with Gasteiger partial charge in [0.2, 0.25) is 0 Å². The number of hydrogen-bond acceptors (Lipinski definition) is 1. The van der Waals surface area contributed by atoms with Gasteiger partial charge in [0.05, 0.1) is 10.6 Å². The Hall–Kier alpha value is -1.09. The van der Waals surface area contributed by atoms with Crippen molar-refractivity contribution in [2.75, 3.05) is 0 Å². The number of carbonyl (C=O) groups is 1. The molecule has 0 unspecified atom stereocenters. The van der Waals surface area contributed by atoms with Gasteiger partial charge in [0.25, 0.3) is 5.91 Å². The normalized spacial score (nSPS) is 36.0. The maximum atomic E-state index is 14.0. The Bertz CT molecular complexity index is 589. The molecule has 4 bridgehead atoms. The van der Waals surface area contributed by atoms with E-state index in [1.165, 1.54) is 50.7 Å². The maximum absolute atomic E-state index is 14.0. The third-order valence-corrected chi connectivity index (χ3v) is 6.86. The van der Waals surface area contributed by atoms with E-state index in [1.54, 1.807) is 6.07 Å². The van der Waals surface area contributed by atoms with Gasteiger partial charge in [0, 0.05) is 6.04 Å². The summed E-state index contributed by atoms with van der Waals surface area (Å²) in [6.07, 6.45) is 7.76. The van der Waals surface area contributed by atoms with Crippen molar-refractivity contribution in [2.24, 2.45) is 23.2 Å². The van der Waals surface area contributed by atoms with Crippen LogP contribution in [0.4, 0.5) is 4.39 Å². The van der Waals surface area contributed by atoms with Crippen molar-refractivity contribution >= 4 is 17.5 Å². The summed E-state index contributed by atoms with van der Waals surface area (Å²) in [6.45, 7) is 2.10. The standard InChI is InChI=1S/C19H23ClFNO/c1-11(22-18(23)17-15(20)3-2-4-16(17)21)19-8-12-5-13(9-19)7-14(6-12)10-19/h2-4,11-14H,5-10H2,1H3,(H,22,23)/t11-,12?,13?,14?,19?/m0/s1. The molecule has 1 atom stereocenters. The quantitative estimate of drug-likeness (QED) is 0.843. The Morgan fingerprint density at radius 1 is 1.22 bits per heavy atom. The van der Waals surface area contributed by atoms with Gasteiger partial charge in [-0.05, 0) is 80.8 Å². The van der Waals surface area contributed by atoms with E-state index < -0.39 is 5.82 Å². The first kappa shape index (κ1) is 15.4. The van der Waals surface area contributed by atoms with Crippen molar-refractivity contribution in [3.63, 3.8) is 0 Å². The van der Waals surface area contributed by atoms with Crippen LogP contribution in [-0.4, -0.2) is 11.9 Å². The minimum absolute atomic E-state index is 0.0225. The molecule has 0 aromatic heterocycles. The smallest absolute Gasteiger partial charge is 0.256 e. The van der Waals surface area contributed by atoms with Gasteiger partial charge < -0.3 is 5.32 Å². The molecule has 1 N–H and O–H groups in total. The summed E-state index contributed by atoms with van der Waals surface area (Å²) in [5.74, 6) is 1.57. The Morgan fingerprint density at radius 3 is 2.30 bits per heavy atom. The largest absolute Gasteiger partial charge is 0.349 e. The van der Waals surface area contributed by atoms with E-state index >= 15 is 0 Å². The fourth-order valence-corrected chi connectivity index (χ4v) is 6.09. The first-order valence-electron chi connectivity index (χ1n) is 8.72. The lowest BCUT2D eigenvalue weighted by molar-refractivity contribution is -0.0688. The van der Waals surface area contributed by atoms with Gasteiger partial charge in [-0.2, -0.15) is 0 Å². The van der Waals surface area contributed by atoms with Crippen molar-refractivity contribution in [1.29, 1.82) is 0 Å². The van der Waals surface area contributed by atoms with E-state index in [9.17, 15) is 9.18 Å². The van der Waals surface area contributed by atoms with E-state index in [4.69, 9.17) is 11.6 Å². The van der Waals surface area contributed by atoms with E-state index in [0.29, 0.717) is 0 Å². The van der Waals surface area contributed by atoms with Crippen molar-refractivity contribution in [2.45, 2.75) is 51.5 Å². The van der Waals surface area contributed by atoms with Gasteiger partial charge >= 0.3 is 0 Å². The van der Waals surface area contributed by atoms with Crippen LogP contribution in [0.5, 0.6) is 0 Å². The molecule has 4 aliphatic carbocycles. The Labute approximate surface area is 141 Å². The van der Waals surface area contributed by atoms with Crippen molar-refractivity contribution in [3.05, 3.63) is 34.6 Å². The molecule has 4 saturated carbocycles. The third-order valence-electron chi connectivity index (χ3n) is 6.54. The molecular formula is C19H23ClFNO. The molecule has 1 amide bonds. The van der Waals surface area contributed by atoms with E-state index in [0.717, 1.165) is 17.8 Å². The van der Waals surface area contributed by atoms with Crippen LogP contribution < -0.4 is 5.32 Å². The Kier molecular flexibility index (Phi) is 3.67. The molecular weight excluding hydrogens is 313 g/mol. The lowest BCUT2D eigenvalue weighted by atomic mass is 9.48. The number of amides is 1. The molecule has 0 radical (unpaired) electrons. The predicted molar refractivity (Wildman–Crippen MR) is 88.9 cm³/mol. The van der Waals surface area contributed by atoms with Gasteiger partial charge in [-0.25, -0.2) is 4.39 Å². The fourth-order valence-electron chi connectivity index (χ4n) is 5.84. The van der Waals surface area contributed by atoms with Gasteiger partial charge in [-0.3, -0.25) is 4.79 Å². The van der Waals surface area contributed by atoms with Crippen LogP contribution in [0.2, 0.25) is 5.02 Å². The number of carbonyl (C=O) groups excluding carboxylic acids is 1. The molecule has 0 heterocycles. The SMILES string of the molecule is C[C@H](NC(=O)c1c(F)cccc1Cl)C12CC3CC(CC(C3)C1)C2. The zero-order valence-electron chi connectivity index (χ0n) is 13.4. The minimum atomic E-state index is -0.548. The Balaban J connectivity index is 1.54. The highest BCUT2D eigenvalue weighted by Crippen LogP contribution is 2.61. The van der Waals surface area contributed by atoms with Crippen LogP contribution >= 0.6 is 11.6 Å². The maximum Gasteiger partial charge on any atom is 0.256 e. The highest BCUT2D eigenvalue weighted by atomic mass is 35.5. The number of rotatable bonds is 3. The second kappa shape index (κ2) is 5.47. The Morgan fingerprint density at radius 2 is 1.78 bits per heavy atom. The van der Waals surface area contributed by atoms with Crippen LogP contribution in [0.3, 0.4) is 0 Å². The molecule has 4 aliphatic rings. The van der Waals surface area contributed by atoms with E-state index in [1.807, 2.05) is 0 Å². The van der Waals surface area contributed by atoms with Crippen LogP contribution in [0.25, 0.3) is 0 Å². The fraction of sp³-hybridized carbons (Fsp3) is 0.632. The molecule has 2 nitrogen and oxygen atoms in total. The zero-order valence-corrected chi connectivity index (χ0v) is 14.2. The summed E-state index contributed by atoms with van der Waals surface area (Å²) >= 11 is 6.03. The molecule has 0 spiro atoms. The summed E-state index contributed by atoms with van der Waals surface area (Å²) in [5.41, 5.74) is 0.188. The third kappa shape index (κ3) is 2.57. The number of hydrogen-bond donors (Lipinski definition) is 1. The van der Waals surface area contributed by atoms with E-state index in [-0.39, 0.29) is 28.0 Å². The summed E-state index contributed by atoms with van der Waals surface area (Å²) in [5, 5.41) is 3.25. The predicted octanol–water partition coefficient (Wildman–Crippen LogP) is 4.81. The van der Waals surface area contributed by atoms with Gasteiger partial charge in [-0.1, -0.05) is 17.7 Å². The van der Waals surface area contributed by atoms with Gasteiger partial charge in [-0.15, -0.1) is 0 Å². The second-order valence-electron chi connectivity index (χ2n) is 8.07. The highest BCUT2D eigenvalue weighted by molar-refractivity contribution is 6.33. The minimum Gasteiger partial charge on any atom is -0.349 e. The van der Waals surface area contributed by atoms with Crippen molar-refractivity contribution in [3.8, 4) is 0 Å². The molecule has 4 fully saturated rings. The van der Waals surface area contributed by atoms with Crippen molar-refractivity contribution in [1.82, 2.24) is 5.32 Å². The van der Waals surface area contributed by atoms with Crippen LogP contribution in [0.15, 0.2) is 18.2 Å². The van der Waals surface area contributed by atoms with Crippen LogP contribution in [0, 0.1) is 29.0 Å². The van der Waals surface area contributed by atoms with Crippen LogP contribution in [0.1, 0.15) is 55.8 Å². The van der Waals surface area contributed by atoms with Gasteiger partial charge in [0.1, 0.15) is 5.82 Å². The summed E-state index contributed by atoms with van der Waals surface area (Å²) in [4.78, 5) is 12.6. The molecule has 0 saturated heterocycles. The number of benzene rings is 1. The average Bonchev–Trinajstić information content (AvgIpc) is 2.45. The molecule has 0 aliphatic heterocycles. The first-order valence-corrected chi connectivity index (χ1v) is 9.09. The van der Waals surface area contributed by atoms with E-state index in [2.05, 4.69) is 12.2 Å². The van der Waals surface area contributed by atoms with Crippen LogP contribution in [-0.2, 0) is 0 Å². The monoisotopic (exact) mass is 335 g/mol. The molecule has 1 aromatic rings. The summed E-state index contributed by atoms with van der Waals surface area (Å²) in [7, 11) is 0. The highest BCUT2D eigenvalue weighted by Gasteiger charge is 2.53.